The van der Waals surface area contributed by atoms with Gasteiger partial charge >= 0.3 is 0 Å². The fraction of sp³-hybridized carbons (Fsp3) is 0.278. The van der Waals surface area contributed by atoms with Crippen LogP contribution in [0.1, 0.15) is 12.5 Å². The molecule has 0 aromatic heterocycles. The van der Waals surface area contributed by atoms with E-state index in [9.17, 15) is 13.2 Å². The standard InChI is InChI=1S/C18H21ClN2O4S/c1-12-8-9-14(10-17(12)19)20-18(22)13(2)21(26(4,23)24)15-6-5-7-16(11-15)25-3/h5-11,13H,1-4H3,(H,20,22)/t13-/m0/s1. The highest BCUT2D eigenvalue weighted by molar-refractivity contribution is 7.92. The molecule has 1 atom stereocenters. The van der Waals surface area contributed by atoms with Gasteiger partial charge in [0, 0.05) is 16.8 Å². The molecule has 0 aliphatic rings. The van der Waals surface area contributed by atoms with Crippen LogP contribution in [0.25, 0.3) is 0 Å². The number of aryl methyl sites for hydroxylation is 1. The molecular weight excluding hydrogens is 376 g/mol. The average molecular weight is 397 g/mol. The van der Waals surface area contributed by atoms with Crippen LogP contribution in [0.5, 0.6) is 5.75 Å². The molecule has 0 saturated heterocycles. The monoisotopic (exact) mass is 396 g/mol. The van der Waals surface area contributed by atoms with E-state index in [0.29, 0.717) is 22.1 Å². The van der Waals surface area contributed by atoms with Crippen molar-refractivity contribution in [2.45, 2.75) is 19.9 Å². The highest BCUT2D eigenvalue weighted by Gasteiger charge is 2.29. The maximum Gasteiger partial charge on any atom is 0.247 e. The predicted molar refractivity (Wildman–Crippen MR) is 105 cm³/mol. The molecule has 1 N–H and O–H groups in total. The van der Waals surface area contributed by atoms with Gasteiger partial charge in [0.15, 0.2) is 0 Å². The Balaban J connectivity index is 2.32. The fourth-order valence-corrected chi connectivity index (χ4v) is 3.82. The van der Waals surface area contributed by atoms with E-state index in [1.807, 2.05) is 6.92 Å². The summed E-state index contributed by atoms with van der Waals surface area (Å²) in [6.07, 6.45) is 1.05. The first-order valence-electron chi connectivity index (χ1n) is 7.84. The Morgan fingerprint density at radius 2 is 1.92 bits per heavy atom. The van der Waals surface area contributed by atoms with Crippen molar-refractivity contribution in [2.75, 3.05) is 23.0 Å². The van der Waals surface area contributed by atoms with Crippen molar-refractivity contribution < 1.29 is 17.9 Å². The highest BCUT2D eigenvalue weighted by atomic mass is 35.5. The number of carbonyl (C=O) groups excluding carboxylic acids is 1. The summed E-state index contributed by atoms with van der Waals surface area (Å²) in [6, 6.07) is 10.7. The lowest BCUT2D eigenvalue weighted by Crippen LogP contribution is -2.45. The molecular formula is C18H21ClN2O4S. The number of benzene rings is 2. The number of anilines is 2. The number of nitrogens with zero attached hydrogens (tertiary/aromatic N) is 1. The van der Waals surface area contributed by atoms with Gasteiger partial charge in [-0.3, -0.25) is 9.10 Å². The third-order valence-corrected chi connectivity index (χ3v) is 5.48. The molecule has 140 valence electrons. The Morgan fingerprint density at radius 3 is 2.50 bits per heavy atom. The van der Waals surface area contributed by atoms with Gasteiger partial charge in [0.05, 0.1) is 19.1 Å². The molecule has 0 fully saturated rings. The van der Waals surface area contributed by atoms with Crippen LogP contribution in [-0.2, 0) is 14.8 Å². The number of nitrogens with one attached hydrogen (secondary N) is 1. The van der Waals surface area contributed by atoms with Crippen molar-refractivity contribution in [3.8, 4) is 5.75 Å². The van der Waals surface area contributed by atoms with Crippen LogP contribution in [0.3, 0.4) is 0 Å². The van der Waals surface area contributed by atoms with Crippen molar-refractivity contribution in [3.63, 3.8) is 0 Å². The summed E-state index contributed by atoms with van der Waals surface area (Å²) in [5, 5.41) is 3.22. The van der Waals surface area contributed by atoms with Gasteiger partial charge in [-0.25, -0.2) is 8.42 Å². The minimum absolute atomic E-state index is 0.344. The molecule has 26 heavy (non-hydrogen) atoms. The number of ether oxygens (including phenoxy) is 1. The Morgan fingerprint density at radius 1 is 1.23 bits per heavy atom. The molecule has 0 heterocycles. The minimum atomic E-state index is -3.70. The van der Waals surface area contributed by atoms with Crippen molar-refractivity contribution in [3.05, 3.63) is 53.1 Å². The summed E-state index contributed by atoms with van der Waals surface area (Å²) in [6.45, 7) is 3.37. The van der Waals surface area contributed by atoms with Gasteiger partial charge in [-0.2, -0.15) is 0 Å². The molecule has 8 heteroatoms. The molecule has 0 unspecified atom stereocenters. The lowest BCUT2D eigenvalue weighted by molar-refractivity contribution is -0.116. The second-order valence-electron chi connectivity index (χ2n) is 5.89. The van der Waals surface area contributed by atoms with Gasteiger partial charge < -0.3 is 10.1 Å². The third kappa shape index (κ3) is 4.68. The van der Waals surface area contributed by atoms with Gasteiger partial charge in [0.2, 0.25) is 15.9 Å². The number of hydrogen-bond acceptors (Lipinski definition) is 4. The zero-order valence-corrected chi connectivity index (χ0v) is 16.6. The molecule has 0 aliphatic heterocycles. The molecule has 2 aromatic rings. The largest absolute Gasteiger partial charge is 0.497 e. The van der Waals surface area contributed by atoms with Crippen LogP contribution in [0.2, 0.25) is 5.02 Å². The van der Waals surface area contributed by atoms with Crippen LogP contribution < -0.4 is 14.4 Å². The zero-order valence-electron chi connectivity index (χ0n) is 15.0. The second-order valence-corrected chi connectivity index (χ2v) is 8.16. The number of methoxy groups -OCH3 is 1. The number of amides is 1. The summed E-state index contributed by atoms with van der Waals surface area (Å²) >= 11 is 6.07. The summed E-state index contributed by atoms with van der Waals surface area (Å²) < 4.78 is 30.8. The average Bonchev–Trinajstić information content (AvgIpc) is 2.57. The van der Waals surface area contributed by atoms with Gasteiger partial charge in [0.1, 0.15) is 11.8 Å². The Bertz CT molecular complexity index is 915. The number of sulfonamides is 1. The van der Waals surface area contributed by atoms with Gasteiger partial charge in [-0.15, -0.1) is 0 Å². The molecule has 6 nitrogen and oxygen atoms in total. The number of carbonyl (C=O) groups is 1. The first-order valence-corrected chi connectivity index (χ1v) is 10.1. The molecule has 0 radical (unpaired) electrons. The first kappa shape index (κ1) is 20.1. The quantitative estimate of drug-likeness (QED) is 0.811. The maximum absolute atomic E-state index is 12.6. The fourth-order valence-electron chi connectivity index (χ4n) is 2.47. The summed E-state index contributed by atoms with van der Waals surface area (Å²) in [4.78, 5) is 12.6. The van der Waals surface area contributed by atoms with Crippen molar-refractivity contribution >= 4 is 38.9 Å². The van der Waals surface area contributed by atoms with Crippen LogP contribution >= 0.6 is 11.6 Å². The van der Waals surface area contributed by atoms with Crippen LogP contribution in [-0.4, -0.2) is 33.7 Å². The lowest BCUT2D eigenvalue weighted by Gasteiger charge is -2.28. The first-order chi connectivity index (χ1) is 12.1. The van der Waals surface area contributed by atoms with E-state index < -0.39 is 22.0 Å². The molecule has 0 saturated carbocycles. The molecule has 2 aromatic carbocycles. The van der Waals surface area contributed by atoms with Crippen molar-refractivity contribution in [2.24, 2.45) is 0 Å². The smallest absolute Gasteiger partial charge is 0.247 e. The van der Waals surface area contributed by atoms with E-state index in [-0.39, 0.29) is 0 Å². The summed E-state index contributed by atoms with van der Waals surface area (Å²) in [5.41, 5.74) is 1.72. The number of halogens is 1. The normalized spacial score (nSPS) is 12.3. The summed E-state index contributed by atoms with van der Waals surface area (Å²) in [7, 11) is -2.22. The zero-order chi connectivity index (χ0) is 19.5. The van der Waals surface area contributed by atoms with Gasteiger partial charge in [-0.1, -0.05) is 23.7 Å². The Hall–Kier alpha value is -2.25. The van der Waals surface area contributed by atoms with Crippen LogP contribution in [0.4, 0.5) is 11.4 Å². The Labute approximate surface area is 158 Å². The van der Waals surface area contributed by atoms with E-state index in [2.05, 4.69) is 5.32 Å². The van der Waals surface area contributed by atoms with Gasteiger partial charge in [0.25, 0.3) is 0 Å². The molecule has 2 rings (SSSR count). The predicted octanol–water partition coefficient (Wildman–Crippen LogP) is 3.45. The second kappa shape index (κ2) is 7.97. The van der Waals surface area contributed by atoms with E-state index in [4.69, 9.17) is 16.3 Å². The van der Waals surface area contributed by atoms with E-state index >= 15 is 0 Å². The summed E-state index contributed by atoms with van der Waals surface area (Å²) in [5.74, 6) is 0.0206. The topological polar surface area (TPSA) is 75.7 Å². The maximum atomic E-state index is 12.6. The van der Waals surface area contributed by atoms with Crippen molar-refractivity contribution in [1.29, 1.82) is 0 Å². The minimum Gasteiger partial charge on any atom is -0.497 e. The molecule has 1 amide bonds. The molecule has 0 spiro atoms. The van der Waals surface area contributed by atoms with Crippen molar-refractivity contribution in [1.82, 2.24) is 0 Å². The van der Waals surface area contributed by atoms with E-state index in [0.717, 1.165) is 16.1 Å². The SMILES string of the molecule is COc1cccc(N([C@@H](C)C(=O)Nc2ccc(C)c(Cl)c2)S(C)(=O)=O)c1. The molecule has 0 aliphatic carbocycles. The molecule has 0 bridgehead atoms. The number of hydrogen-bond donors (Lipinski definition) is 1. The van der Waals surface area contributed by atoms with Gasteiger partial charge in [-0.05, 0) is 43.7 Å². The number of rotatable bonds is 6. The van der Waals surface area contributed by atoms with Crippen LogP contribution in [0.15, 0.2) is 42.5 Å². The Kier molecular flexibility index (Phi) is 6.15. The van der Waals surface area contributed by atoms with Crippen LogP contribution in [0, 0.1) is 6.92 Å². The van der Waals surface area contributed by atoms with E-state index in [1.54, 1.807) is 42.5 Å². The third-order valence-electron chi connectivity index (χ3n) is 3.84. The van der Waals surface area contributed by atoms with E-state index in [1.165, 1.54) is 14.0 Å². The lowest BCUT2D eigenvalue weighted by atomic mass is 10.2. The highest BCUT2D eigenvalue weighted by Crippen LogP contribution is 2.26.